The number of fused-ring (bicyclic) bond motifs is 1. The molecule has 11 N–H and O–H groups in total. The molecule has 36 heavy (non-hydrogen) atoms. The van der Waals surface area contributed by atoms with Crippen LogP contribution in [-0.4, -0.2) is 91.9 Å². The molecule has 2 amide bonds. The Kier molecular flexibility index (Phi) is 11.1. The molecule has 4 rings (SSSR count). The van der Waals surface area contributed by atoms with Crippen LogP contribution in [0.15, 0.2) is 26.8 Å². The van der Waals surface area contributed by atoms with E-state index in [0.717, 1.165) is 19.2 Å². The highest BCUT2D eigenvalue weighted by atomic mass is 32.2. The Labute approximate surface area is 217 Å². The van der Waals surface area contributed by atoms with E-state index in [1.54, 1.807) is 5.38 Å². The maximum absolute atomic E-state index is 12.8. The van der Waals surface area contributed by atoms with E-state index in [2.05, 4.69) is 30.6 Å². The van der Waals surface area contributed by atoms with Gasteiger partial charge in [0.25, 0.3) is 5.91 Å². The van der Waals surface area contributed by atoms with Crippen LogP contribution >= 0.6 is 34.9 Å². The van der Waals surface area contributed by atoms with E-state index in [1.807, 2.05) is 0 Å². The van der Waals surface area contributed by atoms with Gasteiger partial charge in [-0.2, -0.15) is 0 Å². The molecule has 0 aromatic carbocycles. The van der Waals surface area contributed by atoms with Crippen LogP contribution in [0.3, 0.4) is 0 Å². The van der Waals surface area contributed by atoms with Gasteiger partial charge in [0.2, 0.25) is 5.91 Å². The summed E-state index contributed by atoms with van der Waals surface area (Å²) >= 11 is 3.71. The Balaban J connectivity index is 0.00000216. The molecular weight excluding hydrogens is 538 g/mol. The summed E-state index contributed by atoms with van der Waals surface area (Å²) in [6, 6.07) is 0. The molecule has 18 heteroatoms. The van der Waals surface area contributed by atoms with Crippen molar-refractivity contribution in [2.75, 3.05) is 31.7 Å². The van der Waals surface area contributed by atoms with Gasteiger partial charge in [-0.3, -0.25) is 19.5 Å². The average Bonchev–Trinajstić information content (AvgIpc) is 3.23. The first-order valence-electron chi connectivity index (χ1n) is 9.83. The number of nitrogens with zero attached hydrogens (tertiary/aromatic N) is 4. The molecule has 1 aromatic heterocycles. The number of carboxylic acids is 1. The number of nitrogens with two attached hydrogens (primary N) is 1. The van der Waals surface area contributed by atoms with Crippen LogP contribution in [0.25, 0.3) is 0 Å². The number of thiazole rings is 1. The number of aliphatic imine (C=N–C) groups is 1. The van der Waals surface area contributed by atoms with E-state index in [1.165, 1.54) is 46.9 Å². The van der Waals surface area contributed by atoms with Crippen molar-refractivity contribution in [2.45, 2.75) is 23.1 Å². The zero-order valence-electron chi connectivity index (χ0n) is 18.9. The molecule has 1 fully saturated rings. The lowest BCUT2D eigenvalue weighted by Gasteiger charge is -2.51. The highest BCUT2D eigenvalue weighted by Gasteiger charge is 2.56. The number of anilines is 1. The number of nitrogen functional groups attached to an aromatic ring is 1. The number of amides is 2. The minimum absolute atomic E-state index is 0. The Bertz CT molecular complexity index is 1080. The van der Waals surface area contributed by atoms with E-state index in [9.17, 15) is 19.5 Å². The second kappa shape index (κ2) is 12.9. The van der Waals surface area contributed by atoms with Crippen molar-refractivity contribution in [3.8, 4) is 0 Å². The van der Waals surface area contributed by atoms with E-state index in [4.69, 9.17) is 5.73 Å². The van der Waals surface area contributed by atoms with Gasteiger partial charge >= 0.3 is 5.97 Å². The van der Waals surface area contributed by atoms with Crippen molar-refractivity contribution >= 4 is 69.2 Å². The number of aromatic nitrogens is 1. The predicted molar refractivity (Wildman–Crippen MR) is 138 cm³/mol. The smallest absolute Gasteiger partial charge is 0.352 e. The minimum atomic E-state index is -1.39. The molecular formula is C18H27N7O8S3. The first-order valence-corrected chi connectivity index (χ1v) is 12.6. The van der Waals surface area contributed by atoms with Gasteiger partial charge in [-0.1, -0.05) is 28.7 Å². The average molecular weight is 566 g/mol. The highest BCUT2D eigenvalue weighted by Crippen LogP contribution is 2.54. The van der Waals surface area contributed by atoms with Crippen molar-refractivity contribution in [1.29, 1.82) is 0 Å². The fraction of sp³-hybridized carbons (Fsp3) is 0.444. The third kappa shape index (κ3) is 5.90. The molecule has 0 bridgehead atoms. The van der Waals surface area contributed by atoms with Crippen molar-refractivity contribution in [3.05, 3.63) is 22.3 Å². The number of carboxylic acid groups (broad SMARTS) is 1. The number of carbonyl (C=O) groups excluding carboxylic acids is 2. The number of β-lactam (4-membered cyclic amide) rings is 1. The number of amidine groups is 1. The quantitative estimate of drug-likeness (QED) is 0.158. The number of thioether (sulfide) groups is 2. The number of hydrogen-bond acceptors (Lipinski definition) is 12. The molecule has 0 saturated carbocycles. The lowest BCUT2D eigenvalue weighted by Crippen LogP contribution is -2.61. The Morgan fingerprint density at radius 3 is 2.78 bits per heavy atom. The van der Waals surface area contributed by atoms with Gasteiger partial charge in [-0.25, -0.2) is 9.78 Å². The van der Waals surface area contributed by atoms with Crippen LogP contribution in [0, 0.1) is 0 Å². The molecule has 15 nitrogen and oxygen atoms in total. The number of nitrogens with one attached hydrogen (secondary N) is 2. The molecule has 1 aromatic rings. The second-order valence-electron chi connectivity index (χ2n) is 7.09. The summed E-state index contributed by atoms with van der Waals surface area (Å²) in [5.41, 5.74) is 6.40. The zero-order valence-corrected chi connectivity index (χ0v) is 21.4. The van der Waals surface area contributed by atoms with Gasteiger partial charge in [0.1, 0.15) is 19.0 Å². The fourth-order valence-electron chi connectivity index (χ4n) is 3.63. The van der Waals surface area contributed by atoms with Crippen molar-refractivity contribution in [3.63, 3.8) is 0 Å². The van der Waals surface area contributed by atoms with Crippen LogP contribution in [0.1, 0.15) is 18.5 Å². The SMILES string of the molecule is CON=CC(=O)NC1(c2csc(N)n2)S[C@H]2CC(=O)N2C(C(=O)O)=C1CSC1=NCCCN1.O.O.O. The van der Waals surface area contributed by atoms with Crippen molar-refractivity contribution in [1.82, 2.24) is 20.5 Å². The summed E-state index contributed by atoms with van der Waals surface area (Å²) in [5.74, 6) is -2.04. The van der Waals surface area contributed by atoms with E-state index < -0.39 is 22.1 Å². The molecule has 0 aliphatic carbocycles. The van der Waals surface area contributed by atoms with Gasteiger partial charge in [-0.15, -0.1) is 11.3 Å². The van der Waals surface area contributed by atoms with E-state index >= 15 is 0 Å². The summed E-state index contributed by atoms with van der Waals surface area (Å²) < 4.78 is 0. The molecule has 3 aliphatic rings. The molecule has 3 aliphatic heterocycles. The summed E-state index contributed by atoms with van der Waals surface area (Å²) in [5, 5.41) is 21.8. The number of aliphatic carboxylic acids is 1. The van der Waals surface area contributed by atoms with Crippen LogP contribution < -0.4 is 16.4 Å². The molecule has 200 valence electrons. The van der Waals surface area contributed by atoms with Gasteiger partial charge < -0.3 is 42.7 Å². The normalized spacial score (nSPS) is 22.6. The number of oxime groups is 1. The Morgan fingerprint density at radius 2 is 2.22 bits per heavy atom. The second-order valence-corrected chi connectivity index (χ2v) is 10.3. The van der Waals surface area contributed by atoms with Crippen LogP contribution in [-0.2, 0) is 24.1 Å². The summed E-state index contributed by atoms with van der Waals surface area (Å²) in [6.45, 7) is 1.43. The lowest BCUT2D eigenvalue weighted by atomic mass is 9.98. The van der Waals surface area contributed by atoms with E-state index in [0.29, 0.717) is 23.0 Å². The highest BCUT2D eigenvalue weighted by molar-refractivity contribution is 8.14. The topological polar surface area (TPSA) is 266 Å². The lowest BCUT2D eigenvalue weighted by molar-refractivity contribution is -0.146. The maximum atomic E-state index is 12.8. The van der Waals surface area contributed by atoms with Gasteiger partial charge in [0.15, 0.2) is 15.2 Å². The molecule has 4 heterocycles. The van der Waals surface area contributed by atoms with Crippen LogP contribution in [0.5, 0.6) is 0 Å². The Hall–Kier alpha value is -2.90. The van der Waals surface area contributed by atoms with E-state index in [-0.39, 0.29) is 45.3 Å². The number of hydrogen-bond donors (Lipinski definition) is 4. The number of rotatable bonds is 7. The predicted octanol–water partition coefficient (Wildman–Crippen LogP) is -2.12. The first kappa shape index (κ1) is 31.1. The maximum Gasteiger partial charge on any atom is 0.352 e. The van der Waals surface area contributed by atoms with Gasteiger partial charge in [-0.05, 0) is 6.42 Å². The zero-order chi connectivity index (χ0) is 23.6. The molecule has 1 saturated heterocycles. The third-order valence-corrected chi connectivity index (χ3v) is 8.26. The standard InChI is InChI=1S/C18H21N7O5S3.3H2O/c1-30-22-6-11(26)24-18(10-8-31-16(19)23-10)9(7-32-17-20-3-2-4-21-17)14(15(28)29)25-12(27)5-13(25)33-18;;;/h6,8,13H,2-5,7H2,1H3,(H2,19,23)(H,20,21)(H,24,26)(H,28,29);3*1H2/t13-,18?;;;/m0.../s1. The first-order chi connectivity index (χ1) is 15.9. The third-order valence-electron chi connectivity index (χ3n) is 5.05. The summed E-state index contributed by atoms with van der Waals surface area (Å²) in [7, 11) is 1.30. The molecule has 2 atom stereocenters. The molecule has 0 spiro atoms. The monoisotopic (exact) mass is 565 g/mol. The van der Waals surface area contributed by atoms with Gasteiger partial charge in [0.05, 0.1) is 17.5 Å². The molecule has 0 radical (unpaired) electrons. The Morgan fingerprint density at radius 1 is 1.47 bits per heavy atom. The molecule has 1 unspecified atom stereocenters. The van der Waals surface area contributed by atoms with Crippen LogP contribution in [0.2, 0.25) is 0 Å². The van der Waals surface area contributed by atoms with Crippen LogP contribution in [0.4, 0.5) is 5.13 Å². The fourth-order valence-corrected chi connectivity index (χ4v) is 7.09. The van der Waals surface area contributed by atoms with Crippen molar-refractivity contribution < 1.29 is 40.8 Å². The minimum Gasteiger partial charge on any atom is -0.477 e. The number of carbonyl (C=O) groups is 3. The van der Waals surface area contributed by atoms with Crippen molar-refractivity contribution in [2.24, 2.45) is 10.1 Å². The van der Waals surface area contributed by atoms with Gasteiger partial charge in [0, 0.05) is 29.8 Å². The summed E-state index contributed by atoms with van der Waals surface area (Å²) in [4.78, 5) is 50.8. The summed E-state index contributed by atoms with van der Waals surface area (Å²) in [6.07, 6.45) is 2.00. The largest absolute Gasteiger partial charge is 0.477 e.